The van der Waals surface area contributed by atoms with E-state index in [1.807, 2.05) is 0 Å². The fourth-order valence-corrected chi connectivity index (χ4v) is 2.96. The molecule has 1 saturated carbocycles. The van der Waals surface area contributed by atoms with Crippen molar-refractivity contribution in [1.29, 1.82) is 0 Å². The number of aliphatic hydroxyl groups excluding tert-OH is 1. The van der Waals surface area contributed by atoms with E-state index in [0.717, 1.165) is 25.1 Å². The maximum atomic E-state index is 9.48. The predicted octanol–water partition coefficient (Wildman–Crippen LogP) is 2.83. The third kappa shape index (κ3) is 2.57. The quantitative estimate of drug-likeness (QED) is 0.886. The van der Waals surface area contributed by atoms with Crippen molar-refractivity contribution in [2.75, 3.05) is 32.2 Å². The van der Waals surface area contributed by atoms with E-state index < -0.39 is 0 Å². The van der Waals surface area contributed by atoms with Gasteiger partial charge in [-0.15, -0.1) is 0 Å². The molecule has 1 aromatic rings. The van der Waals surface area contributed by atoms with Gasteiger partial charge in [-0.05, 0) is 56.4 Å². The van der Waals surface area contributed by atoms with Crippen LogP contribution in [0.3, 0.4) is 0 Å². The highest BCUT2D eigenvalue weighted by Crippen LogP contribution is 2.46. The number of ether oxygens (including phenoxy) is 1. The Morgan fingerprint density at radius 2 is 1.89 bits per heavy atom. The molecule has 0 aromatic heterocycles. The Bertz CT molecular complexity index is 478. The van der Waals surface area contributed by atoms with E-state index in [-0.39, 0.29) is 5.41 Å². The molecule has 1 aromatic carbocycles. The molecule has 0 saturated heterocycles. The number of nitrogens with zero attached hydrogens (tertiary/aromatic N) is 1. The summed E-state index contributed by atoms with van der Waals surface area (Å²) < 4.78 is 5.42. The maximum Gasteiger partial charge on any atom is 0.122 e. The number of aryl methyl sites for hydroxylation is 1. The first kappa shape index (κ1) is 14.2. The number of benzene rings is 1. The minimum absolute atomic E-state index is 0.140. The van der Waals surface area contributed by atoms with Crippen LogP contribution >= 0.6 is 0 Å². The fourth-order valence-electron chi connectivity index (χ4n) is 2.96. The van der Waals surface area contributed by atoms with Crippen LogP contribution in [0, 0.1) is 26.2 Å². The van der Waals surface area contributed by atoms with Crippen LogP contribution in [0.1, 0.15) is 29.5 Å². The summed E-state index contributed by atoms with van der Waals surface area (Å²) in [5.41, 5.74) is 5.12. The van der Waals surface area contributed by atoms with Crippen LogP contribution in [0.25, 0.3) is 0 Å². The van der Waals surface area contributed by atoms with Gasteiger partial charge in [0.1, 0.15) is 5.75 Å². The van der Waals surface area contributed by atoms with Gasteiger partial charge in [-0.2, -0.15) is 0 Å². The van der Waals surface area contributed by atoms with Crippen molar-refractivity contribution < 1.29 is 9.84 Å². The summed E-state index contributed by atoms with van der Waals surface area (Å²) >= 11 is 0. The van der Waals surface area contributed by atoms with Gasteiger partial charge in [0.05, 0.1) is 13.7 Å². The molecule has 19 heavy (non-hydrogen) atoms. The second kappa shape index (κ2) is 5.04. The van der Waals surface area contributed by atoms with E-state index in [9.17, 15) is 5.11 Å². The average Bonchev–Trinajstić information content (AvgIpc) is 3.14. The van der Waals surface area contributed by atoms with Gasteiger partial charge in [0.15, 0.2) is 0 Å². The highest BCUT2D eigenvalue weighted by Gasteiger charge is 2.43. The Kier molecular flexibility index (Phi) is 3.77. The Morgan fingerprint density at radius 1 is 1.26 bits per heavy atom. The summed E-state index contributed by atoms with van der Waals surface area (Å²) in [6.45, 7) is 7.60. The van der Waals surface area contributed by atoms with E-state index in [0.29, 0.717) is 6.61 Å². The van der Waals surface area contributed by atoms with Gasteiger partial charge in [0.2, 0.25) is 0 Å². The normalized spacial score (nSPS) is 16.3. The molecule has 3 heteroatoms. The molecule has 0 unspecified atom stereocenters. The van der Waals surface area contributed by atoms with Crippen LogP contribution in [-0.4, -0.2) is 32.4 Å². The number of aliphatic hydroxyl groups is 1. The van der Waals surface area contributed by atoms with Crippen molar-refractivity contribution >= 4 is 5.69 Å². The zero-order valence-electron chi connectivity index (χ0n) is 12.7. The van der Waals surface area contributed by atoms with Gasteiger partial charge < -0.3 is 14.7 Å². The summed E-state index contributed by atoms with van der Waals surface area (Å²) in [7, 11) is 3.84. The molecule has 1 fully saturated rings. The lowest BCUT2D eigenvalue weighted by Gasteiger charge is -2.29. The van der Waals surface area contributed by atoms with Crippen molar-refractivity contribution in [1.82, 2.24) is 0 Å². The molecular formula is C16H25NO2. The molecule has 0 aliphatic heterocycles. The summed E-state index contributed by atoms with van der Waals surface area (Å²) in [4.78, 5) is 2.29. The van der Waals surface area contributed by atoms with Crippen molar-refractivity contribution in [2.45, 2.75) is 33.6 Å². The highest BCUT2D eigenvalue weighted by atomic mass is 16.5. The predicted molar refractivity (Wildman–Crippen MR) is 79.2 cm³/mol. The monoisotopic (exact) mass is 263 g/mol. The maximum absolute atomic E-state index is 9.48. The molecule has 2 rings (SSSR count). The van der Waals surface area contributed by atoms with Crippen LogP contribution in [0.4, 0.5) is 5.69 Å². The first-order valence-corrected chi connectivity index (χ1v) is 6.91. The smallest absolute Gasteiger partial charge is 0.122 e. The van der Waals surface area contributed by atoms with Gasteiger partial charge in [0, 0.05) is 24.7 Å². The minimum Gasteiger partial charge on any atom is -0.496 e. The average molecular weight is 263 g/mol. The van der Waals surface area contributed by atoms with Crippen LogP contribution in [0.5, 0.6) is 5.75 Å². The Morgan fingerprint density at radius 3 is 2.37 bits per heavy atom. The lowest BCUT2D eigenvalue weighted by Crippen LogP contribution is -2.30. The van der Waals surface area contributed by atoms with E-state index in [1.165, 1.54) is 22.4 Å². The first-order chi connectivity index (χ1) is 8.94. The summed E-state index contributed by atoms with van der Waals surface area (Å²) in [5, 5.41) is 9.48. The molecule has 0 spiro atoms. The number of hydrogen-bond donors (Lipinski definition) is 1. The minimum atomic E-state index is 0.140. The fraction of sp³-hybridized carbons (Fsp3) is 0.625. The molecule has 0 bridgehead atoms. The number of methoxy groups -OCH3 is 1. The van der Waals surface area contributed by atoms with Crippen molar-refractivity contribution in [2.24, 2.45) is 5.41 Å². The Hall–Kier alpha value is -1.22. The van der Waals surface area contributed by atoms with E-state index >= 15 is 0 Å². The number of rotatable bonds is 5. The summed E-state index contributed by atoms with van der Waals surface area (Å²) in [5.74, 6) is 0.954. The van der Waals surface area contributed by atoms with Gasteiger partial charge in [-0.1, -0.05) is 0 Å². The van der Waals surface area contributed by atoms with E-state index in [2.05, 4.69) is 38.8 Å². The highest BCUT2D eigenvalue weighted by molar-refractivity contribution is 5.64. The SMILES string of the molecule is COc1cc(C)c(N(C)CC2(CO)CC2)c(C)c1C. The number of hydrogen-bond acceptors (Lipinski definition) is 3. The molecule has 1 N–H and O–H groups in total. The van der Waals surface area contributed by atoms with Gasteiger partial charge in [-0.25, -0.2) is 0 Å². The van der Waals surface area contributed by atoms with Gasteiger partial charge in [0.25, 0.3) is 0 Å². The zero-order valence-corrected chi connectivity index (χ0v) is 12.7. The zero-order chi connectivity index (χ0) is 14.2. The molecule has 1 aliphatic carbocycles. The molecule has 3 nitrogen and oxygen atoms in total. The largest absolute Gasteiger partial charge is 0.496 e. The standard InChI is InChI=1S/C16H25NO2/c1-11-8-14(19-5)12(2)13(3)15(11)17(4)9-16(10-18)6-7-16/h8,18H,6-7,9-10H2,1-5H3. The molecule has 0 radical (unpaired) electrons. The lowest BCUT2D eigenvalue weighted by atomic mass is 10.00. The Labute approximate surface area is 116 Å². The van der Waals surface area contributed by atoms with Crippen LogP contribution in [-0.2, 0) is 0 Å². The van der Waals surface area contributed by atoms with Crippen molar-refractivity contribution in [3.8, 4) is 5.75 Å². The first-order valence-electron chi connectivity index (χ1n) is 6.91. The molecule has 0 amide bonds. The van der Waals surface area contributed by atoms with E-state index in [4.69, 9.17) is 4.74 Å². The third-order valence-electron chi connectivity index (χ3n) is 4.48. The van der Waals surface area contributed by atoms with Crippen molar-refractivity contribution in [3.05, 3.63) is 22.8 Å². The van der Waals surface area contributed by atoms with Crippen LogP contribution < -0.4 is 9.64 Å². The lowest BCUT2D eigenvalue weighted by molar-refractivity contribution is 0.215. The molecular weight excluding hydrogens is 238 g/mol. The van der Waals surface area contributed by atoms with Crippen LogP contribution in [0.2, 0.25) is 0 Å². The van der Waals surface area contributed by atoms with Gasteiger partial charge in [-0.3, -0.25) is 0 Å². The molecule has 0 heterocycles. The summed E-state index contributed by atoms with van der Waals surface area (Å²) in [6.07, 6.45) is 2.28. The molecule has 1 aliphatic rings. The molecule has 0 atom stereocenters. The van der Waals surface area contributed by atoms with Crippen molar-refractivity contribution in [3.63, 3.8) is 0 Å². The van der Waals surface area contributed by atoms with Gasteiger partial charge >= 0.3 is 0 Å². The molecule has 106 valence electrons. The number of anilines is 1. The Balaban J connectivity index is 2.31. The third-order valence-corrected chi connectivity index (χ3v) is 4.48. The second-order valence-corrected chi connectivity index (χ2v) is 6.01. The second-order valence-electron chi connectivity index (χ2n) is 6.01. The van der Waals surface area contributed by atoms with E-state index in [1.54, 1.807) is 7.11 Å². The summed E-state index contributed by atoms with van der Waals surface area (Å²) in [6, 6.07) is 2.10. The van der Waals surface area contributed by atoms with Crippen LogP contribution in [0.15, 0.2) is 6.07 Å². The topological polar surface area (TPSA) is 32.7 Å².